The summed E-state index contributed by atoms with van der Waals surface area (Å²) in [5, 5.41) is 7.58. The second-order valence-electron chi connectivity index (χ2n) is 6.81. The Kier molecular flexibility index (Phi) is 5.50. The lowest BCUT2D eigenvalue weighted by atomic mass is 10.1. The fourth-order valence-corrected chi connectivity index (χ4v) is 4.96. The lowest BCUT2D eigenvalue weighted by Crippen LogP contribution is -2.45. The zero-order valence-electron chi connectivity index (χ0n) is 15.7. The van der Waals surface area contributed by atoms with Crippen molar-refractivity contribution in [2.24, 2.45) is 7.05 Å². The highest BCUT2D eigenvalue weighted by molar-refractivity contribution is 7.91. The van der Waals surface area contributed by atoms with Crippen LogP contribution < -0.4 is 10.9 Å². The maximum absolute atomic E-state index is 13.0. The molecule has 0 unspecified atom stereocenters. The lowest BCUT2D eigenvalue weighted by Gasteiger charge is -2.22. The second kappa shape index (κ2) is 7.70. The van der Waals surface area contributed by atoms with Crippen molar-refractivity contribution in [3.8, 4) is 0 Å². The highest BCUT2D eigenvalue weighted by atomic mass is 32.2. The molecule has 2 amide bonds. The molecular formula is C18H22N4O5S. The maximum atomic E-state index is 13.0. The molecule has 0 spiro atoms. The molecule has 3 rings (SSSR count). The van der Waals surface area contributed by atoms with Crippen LogP contribution in [0, 0.1) is 0 Å². The molecule has 0 bridgehead atoms. The number of rotatable bonds is 5. The molecule has 28 heavy (non-hydrogen) atoms. The highest BCUT2D eigenvalue weighted by Crippen LogP contribution is 2.15. The third-order valence-corrected chi connectivity index (χ3v) is 6.53. The Morgan fingerprint density at radius 3 is 2.57 bits per heavy atom. The van der Waals surface area contributed by atoms with Crippen LogP contribution in [0.15, 0.2) is 29.1 Å². The first-order valence-corrected chi connectivity index (χ1v) is 10.8. The van der Waals surface area contributed by atoms with Gasteiger partial charge in [-0.15, -0.1) is 0 Å². The van der Waals surface area contributed by atoms with Crippen molar-refractivity contribution in [3.05, 3.63) is 40.3 Å². The van der Waals surface area contributed by atoms with E-state index in [-0.39, 0.29) is 35.8 Å². The summed E-state index contributed by atoms with van der Waals surface area (Å²) in [4.78, 5) is 38.9. The zero-order chi connectivity index (χ0) is 20.5. The van der Waals surface area contributed by atoms with Gasteiger partial charge in [-0.1, -0.05) is 18.2 Å². The van der Waals surface area contributed by atoms with Gasteiger partial charge in [0.15, 0.2) is 15.5 Å². The molecule has 2 heterocycles. The van der Waals surface area contributed by atoms with E-state index in [4.69, 9.17) is 0 Å². The number of amides is 2. The summed E-state index contributed by atoms with van der Waals surface area (Å²) in [6.07, 6.45) is 0.376. The van der Waals surface area contributed by atoms with Gasteiger partial charge < -0.3 is 10.2 Å². The minimum atomic E-state index is -3.11. The Morgan fingerprint density at radius 1 is 1.29 bits per heavy atom. The smallest absolute Gasteiger partial charge is 0.275 e. The van der Waals surface area contributed by atoms with Gasteiger partial charge in [-0.25, -0.2) is 13.1 Å². The summed E-state index contributed by atoms with van der Waals surface area (Å²) < 4.78 is 24.2. The number of fused-ring (bicyclic) bond motifs is 1. The third kappa shape index (κ3) is 4.06. The standard InChI is InChI=1S/C18H22N4O5S/c1-3-22(10-15(23)19-12-8-9-28(26,27)11-12)18(25)16-13-6-4-5-7-14(13)17(24)21(2)20-16/h4-7,12H,3,8-11H2,1-2H3,(H,19,23)/t12-/m1/s1. The van der Waals surface area contributed by atoms with Crippen molar-refractivity contribution in [2.75, 3.05) is 24.6 Å². The minimum absolute atomic E-state index is 0.0579. The molecule has 1 fully saturated rings. The van der Waals surface area contributed by atoms with Gasteiger partial charge in [0, 0.05) is 25.0 Å². The van der Waals surface area contributed by atoms with Gasteiger partial charge in [0.05, 0.1) is 23.4 Å². The summed E-state index contributed by atoms with van der Waals surface area (Å²) in [5.41, 5.74) is -0.217. The fraction of sp³-hybridized carbons (Fsp3) is 0.444. The number of likely N-dealkylation sites (N-methyl/N-ethyl adjacent to an activating group) is 1. The van der Waals surface area contributed by atoms with Gasteiger partial charge >= 0.3 is 0 Å². The Balaban J connectivity index is 1.81. The number of aryl methyl sites for hydroxylation is 1. The summed E-state index contributed by atoms with van der Waals surface area (Å²) in [7, 11) is -1.64. The van der Waals surface area contributed by atoms with Crippen LogP contribution in [0.2, 0.25) is 0 Å². The Hall–Kier alpha value is -2.75. The van der Waals surface area contributed by atoms with Crippen molar-refractivity contribution in [2.45, 2.75) is 19.4 Å². The van der Waals surface area contributed by atoms with Crippen LogP contribution in [0.25, 0.3) is 10.8 Å². The van der Waals surface area contributed by atoms with Crippen LogP contribution in [0.4, 0.5) is 0 Å². The molecule has 0 saturated carbocycles. The monoisotopic (exact) mass is 406 g/mol. The van der Waals surface area contributed by atoms with Crippen molar-refractivity contribution < 1.29 is 18.0 Å². The molecule has 1 aromatic heterocycles. The van der Waals surface area contributed by atoms with E-state index < -0.39 is 27.7 Å². The first-order chi connectivity index (χ1) is 13.2. The Labute approximate surface area is 162 Å². The number of nitrogens with one attached hydrogen (secondary N) is 1. The molecule has 1 aliphatic rings. The third-order valence-electron chi connectivity index (χ3n) is 4.76. The normalized spacial score (nSPS) is 18.1. The van der Waals surface area contributed by atoms with Crippen LogP contribution in [0.5, 0.6) is 0 Å². The van der Waals surface area contributed by atoms with Gasteiger partial charge in [0.25, 0.3) is 11.5 Å². The largest absolute Gasteiger partial charge is 0.351 e. The molecule has 0 aliphatic carbocycles. The molecule has 0 radical (unpaired) electrons. The van der Waals surface area contributed by atoms with E-state index in [1.165, 1.54) is 11.9 Å². The van der Waals surface area contributed by atoms with E-state index in [2.05, 4.69) is 10.4 Å². The molecule has 1 saturated heterocycles. The van der Waals surface area contributed by atoms with Crippen molar-refractivity contribution in [1.82, 2.24) is 20.0 Å². The van der Waals surface area contributed by atoms with Crippen LogP contribution in [0.1, 0.15) is 23.8 Å². The maximum Gasteiger partial charge on any atom is 0.275 e. The molecule has 10 heteroatoms. The van der Waals surface area contributed by atoms with E-state index in [1.807, 2.05) is 0 Å². The molecule has 1 aromatic carbocycles. The highest BCUT2D eigenvalue weighted by Gasteiger charge is 2.30. The predicted molar refractivity (Wildman–Crippen MR) is 104 cm³/mol. The van der Waals surface area contributed by atoms with E-state index >= 15 is 0 Å². The minimum Gasteiger partial charge on any atom is -0.351 e. The molecule has 1 atom stereocenters. The number of aromatic nitrogens is 2. The van der Waals surface area contributed by atoms with Gasteiger partial charge in [0.1, 0.15) is 0 Å². The molecule has 2 aromatic rings. The molecule has 1 N–H and O–H groups in total. The number of nitrogens with zero attached hydrogens (tertiary/aromatic N) is 3. The Bertz CT molecular complexity index is 1090. The second-order valence-corrected chi connectivity index (χ2v) is 9.04. The van der Waals surface area contributed by atoms with Crippen molar-refractivity contribution >= 4 is 32.4 Å². The molecule has 150 valence electrons. The average molecular weight is 406 g/mol. The zero-order valence-corrected chi connectivity index (χ0v) is 16.5. The van der Waals surface area contributed by atoms with Crippen LogP contribution in [0.3, 0.4) is 0 Å². The number of sulfone groups is 1. The van der Waals surface area contributed by atoms with Crippen molar-refractivity contribution in [1.29, 1.82) is 0 Å². The van der Waals surface area contributed by atoms with E-state index in [1.54, 1.807) is 31.2 Å². The first-order valence-electron chi connectivity index (χ1n) is 8.97. The number of carbonyl (C=O) groups excluding carboxylic acids is 2. The number of carbonyl (C=O) groups is 2. The van der Waals surface area contributed by atoms with E-state index in [9.17, 15) is 22.8 Å². The summed E-state index contributed by atoms with van der Waals surface area (Å²) in [5.74, 6) is -0.913. The van der Waals surface area contributed by atoms with Gasteiger partial charge in [-0.3, -0.25) is 14.4 Å². The van der Waals surface area contributed by atoms with Gasteiger partial charge in [-0.2, -0.15) is 5.10 Å². The van der Waals surface area contributed by atoms with Gasteiger partial charge in [-0.05, 0) is 19.4 Å². The summed E-state index contributed by atoms with van der Waals surface area (Å²) in [6, 6.07) is 6.26. The van der Waals surface area contributed by atoms with Gasteiger partial charge in [0.2, 0.25) is 5.91 Å². The quantitative estimate of drug-likeness (QED) is 0.728. The number of hydrogen-bond acceptors (Lipinski definition) is 6. The fourth-order valence-electron chi connectivity index (χ4n) is 3.29. The molecule has 9 nitrogen and oxygen atoms in total. The summed E-state index contributed by atoms with van der Waals surface area (Å²) in [6.45, 7) is 1.77. The van der Waals surface area contributed by atoms with Crippen LogP contribution in [-0.2, 0) is 21.7 Å². The van der Waals surface area contributed by atoms with Crippen LogP contribution in [-0.4, -0.2) is 65.5 Å². The topological polar surface area (TPSA) is 118 Å². The first kappa shape index (κ1) is 20.0. The SMILES string of the molecule is CCN(CC(=O)N[C@@H]1CCS(=O)(=O)C1)C(=O)c1nn(C)c(=O)c2ccccc12. The lowest BCUT2D eigenvalue weighted by molar-refractivity contribution is -0.122. The predicted octanol–water partition coefficient (Wildman–Crippen LogP) is -0.301. The average Bonchev–Trinajstić information content (AvgIpc) is 3.00. The van der Waals surface area contributed by atoms with Crippen LogP contribution >= 0.6 is 0 Å². The molecule has 1 aliphatic heterocycles. The molecular weight excluding hydrogens is 384 g/mol. The van der Waals surface area contributed by atoms with E-state index in [0.717, 1.165) is 4.68 Å². The summed E-state index contributed by atoms with van der Waals surface area (Å²) >= 11 is 0. The van der Waals surface area contributed by atoms with Crippen molar-refractivity contribution in [3.63, 3.8) is 0 Å². The van der Waals surface area contributed by atoms with E-state index in [0.29, 0.717) is 17.2 Å². The Morgan fingerprint density at radius 2 is 1.96 bits per heavy atom. The number of benzene rings is 1. The number of hydrogen-bond donors (Lipinski definition) is 1.